The molecule has 0 aliphatic carbocycles. The van der Waals surface area contributed by atoms with E-state index >= 15 is 0 Å². The lowest BCUT2D eigenvalue weighted by Gasteiger charge is -2.15. The van der Waals surface area contributed by atoms with E-state index in [2.05, 4.69) is 4.98 Å². The minimum atomic E-state index is -0.961. The van der Waals surface area contributed by atoms with Gasteiger partial charge in [-0.3, -0.25) is 9.59 Å². The second kappa shape index (κ2) is 8.92. The Kier molecular flexibility index (Phi) is 6.05. The smallest absolute Gasteiger partial charge is 0.358 e. The molecular formula is C24H22N2O5S. The minimum absolute atomic E-state index is 0.0256. The van der Waals surface area contributed by atoms with E-state index in [0.29, 0.717) is 23.5 Å². The number of amides is 1. The van der Waals surface area contributed by atoms with Gasteiger partial charge in [-0.15, -0.1) is 11.3 Å². The summed E-state index contributed by atoms with van der Waals surface area (Å²) in [4.78, 5) is 43.1. The number of carbonyl (C=O) groups excluding carboxylic acids is 3. The van der Waals surface area contributed by atoms with Crippen LogP contribution in [0.5, 0.6) is 5.75 Å². The predicted octanol–water partition coefficient (Wildman–Crippen LogP) is 4.16. The van der Waals surface area contributed by atoms with Crippen LogP contribution in [0.2, 0.25) is 0 Å². The van der Waals surface area contributed by atoms with Gasteiger partial charge in [-0.25, -0.2) is 9.78 Å². The van der Waals surface area contributed by atoms with Gasteiger partial charge in [0, 0.05) is 35.7 Å². The van der Waals surface area contributed by atoms with Crippen molar-refractivity contribution < 1.29 is 23.9 Å². The first kappa shape index (κ1) is 21.7. The monoisotopic (exact) mass is 450 g/mol. The standard InChI is InChI=1S/C24H22N2O5S/c1-14(22(28)18-6-9-21-17(12-18)10-11-26(21)15(2)27)31-24(29)20-13-32-23(25-20)16-4-7-19(30-3)8-5-16/h4-9,12-14H,10-11H2,1-3H3. The molecule has 0 saturated carbocycles. The number of rotatable bonds is 6. The fourth-order valence-corrected chi connectivity index (χ4v) is 4.42. The Morgan fingerprint density at radius 2 is 1.88 bits per heavy atom. The number of anilines is 1. The van der Waals surface area contributed by atoms with Crippen LogP contribution in [0, 0.1) is 0 Å². The zero-order valence-electron chi connectivity index (χ0n) is 18.0. The molecule has 0 fully saturated rings. The molecule has 2 aromatic carbocycles. The van der Waals surface area contributed by atoms with Crippen LogP contribution in [0.15, 0.2) is 47.8 Å². The highest BCUT2D eigenvalue weighted by Gasteiger charge is 2.26. The molecule has 1 aromatic heterocycles. The zero-order valence-corrected chi connectivity index (χ0v) is 18.8. The van der Waals surface area contributed by atoms with Gasteiger partial charge in [-0.05, 0) is 61.4 Å². The van der Waals surface area contributed by atoms with E-state index in [4.69, 9.17) is 9.47 Å². The first-order valence-corrected chi connectivity index (χ1v) is 11.0. The van der Waals surface area contributed by atoms with E-state index in [-0.39, 0.29) is 17.4 Å². The summed E-state index contributed by atoms with van der Waals surface area (Å²) in [6.45, 7) is 3.67. The third-order valence-corrected chi connectivity index (χ3v) is 6.23. The van der Waals surface area contributed by atoms with Gasteiger partial charge >= 0.3 is 5.97 Å². The topological polar surface area (TPSA) is 85.8 Å². The quantitative estimate of drug-likeness (QED) is 0.414. The summed E-state index contributed by atoms with van der Waals surface area (Å²) >= 11 is 1.32. The molecule has 3 aromatic rings. The van der Waals surface area contributed by atoms with E-state index in [9.17, 15) is 14.4 Å². The molecule has 0 spiro atoms. The van der Waals surface area contributed by atoms with Gasteiger partial charge in [0.15, 0.2) is 11.8 Å². The maximum Gasteiger partial charge on any atom is 0.358 e. The van der Waals surface area contributed by atoms with Gasteiger partial charge in [0.2, 0.25) is 11.7 Å². The highest BCUT2D eigenvalue weighted by Crippen LogP contribution is 2.30. The van der Waals surface area contributed by atoms with Crippen molar-refractivity contribution in [2.75, 3.05) is 18.6 Å². The lowest BCUT2D eigenvalue weighted by molar-refractivity contribution is -0.116. The summed E-state index contributed by atoms with van der Waals surface area (Å²) in [5.74, 6) is -0.237. The molecule has 1 amide bonds. The molecule has 0 N–H and O–H groups in total. The molecule has 4 rings (SSSR count). The van der Waals surface area contributed by atoms with Gasteiger partial charge < -0.3 is 14.4 Å². The number of aromatic nitrogens is 1. The fraction of sp³-hybridized carbons (Fsp3) is 0.250. The van der Waals surface area contributed by atoms with Crippen molar-refractivity contribution >= 4 is 34.7 Å². The summed E-state index contributed by atoms with van der Waals surface area (Å²) in [7, 11) is 1.60. The Bertz CT molecular complexity index is 1190. The second-order valence-electron chi connectivity index (χ2n) is 7.44. The molecule has 2 heterocycles. The summed E-state index contributed by atoms with van der Waals surface area (Å²) in [6.07, 6.45) is -0.269. The first-order chi connectivity index (χ1) is 15.4. The average molecular weight is 451 g/mol. The Labute approximate surface area is 189 Å². The number of methoxy groups -OCH3 is 1. The number of benzene rings is 2. The number of hydrogen-bond acceptors (Lipinski definition) is 7. The minimum Gasteiger partial charge on any atom is -0.497 e. The number of carbonyl (C=O) groups is 3. The normalized spacial score (nSPS) is 13.4. The maximum absolute atomic E-state index is 12.8. The van der Waals surface area contributed by atoms with Crippen LogP contribution in [-0.4, -0.2) is 42.4 Å². The average Bonchev–Trinajstić information content (AvgIpc) is 3.45. The number of nitrogens with zero attached hydrogens (tertiary/aromatic N) is 2. The van der Waals surface area contributed by atoms with Crippen LogP contribution < -0.4 is 9.64 Å². The molecule has 1 aliphatic rings. The number of Topliss-reactive ketones (excluding diaryl/α,β-unsaturated/α-hetero) is 1. The highest BCUT2D eigenvalue weighted by molar-refractivity contribution is 7.13. The highest BCUT2D eigenvalue weighted by atomic mass is 32.1. The number of thiazole rings is 1. The number of ether oxygens (including phenoxy) is 2. The van der Waals surface area contributed by atoms with E-state index in [1.54, 1.807) is 42.5 Å². The van der Waals surface area contributed by atoms with Crippen LogP contribution >= 0.6 is 11.3 Å². The Morgan fingerprint density at radius 3 is 2.56 bits per heavy atom. The fourth-order valence-electron chi connectivity index (χ4n) is 3.62. The molecule has 1 aliphatic heterocycles. The third-order valence-electron chi connectivity index (χ3n) is 5.34. The van der Waals surface area contributed by atoms with Crippen LogP contribution in [0.3, 0.4) is 0 Å². The van der Waals surface area contributed by atoms with Crippen molar-refractivity contribution in [2.24, 2.45) is 0 Å². The third kappa shape index (κ3) is 4.27. The van der Waals surface area contributed by atoms with Crippen molar-refractivity contribution in [1.82, 2.24) is 4.98 Å². The zero-order chi connectivity index (χ0) is 22.8. The van der Waals surface area contributed by atoms with Crippen molar-refractivity contribution in [1.29, 1.82) is 0 Å². The van der Waals surface area contributed by atoms with Gasteiger partial charge in [0.05, 0.1) is 7.11 Å². The largest absolute Gasteiger partial charge is 0.497 e. The molecule has 32 heavy (non-hydrogen) atoms. The van der Waals surface area contributed by atoms with Crippen molar-refractivity contribution in [3.63, 3.8) is 0 Å². The van der Waals surface area contributed by atoms with E-state index < -0.39 is 12.1 Å². The van der Waals surface area contributed by atoms with Crippen LogP contribution in [0.4, 0.5) is 5.69 Å². The molecular weight excluding hydrogens is 428 g/mol. The molecule has 8 heteroatoms. The summed E-state index contributed by atoms with van der Waals surface area (Å²) in [6, 6.07) is 12.6. The first-order valence-electron chi connectivity index (χ1n) is 10.1. The number of fused-ring (bicyclic) bond motifs is 1. The molecule has 1 atom stereocenters. The van der Waals surface area contributed by atoms with Crippen LogP contribution in [0.25, 0.3) is 10.6 Å². The molecule has 0 saturated heterocycles. The summed E-state index contributed by atoms with van der Waals surface area (Å²) < 4.78 is 10.5. The predicted molar refractivity (Wildman–Crippen MR) is 121 cm³/mol. The van der Waals surface area contributed by atoms with Gasteiger partial charge in [-0.2, -0.15) is 0 Å². The molecule has 7 nitrogen and oxygen atoms in total. The van der Waals surface area contributed by atoms with Crippen molar-refractivity contribution in [3.8, 4) is 16.3 Å². The van der Waals surface area contributed by atoms with E-state index in [1.807, 2.05) is 24.3 Å². The van der Waals surface area contributed by atoms with Crippen molar-refractivity contribution in [2.45, 2.75) is 26.4 Å². The molecule has 164 valence electrons. The number of ketones is 1. The lowest BCUT2D eigenvalue weighted by atomic mass is 10.0. The van der Waals surface area contributed by atoms with Crippen LogP contribution in [0.1, 0.15) is 40.3 Å². The number of hydrogen-bond donors (Lipinski definition) is 0. The molecule has 1 unspecified atom stereocenters. The van der Waals surface area contributed by atoms with E-state index in [0.717, 1.165) is 22.6 Å². The SMILES string of the molecule is COc1ccc(-c2nc(C(=O)OC(C)C(=O)c3ccc4c(c3)CCN4C(C)=O)cs2)cc1. The van der Waals surface area contributed by atoms with Gasteiger partial charge in [0.25, 0.3) is 0 Å². The Balaban J connectivity index is 1.43. The van der Waals surface area contributed by atoms with Gasteiger partial charge in [0.1, 0.15) is 10.8 Å². The Hall–Kier alpha value is -3.52. The van der Waals surface area contributed by atoms with Crippen LogP contribution in [-0.2, 0) is 16.0 Å². The summed E-state index contributed by atoms with van der Waals surface area (Å²) in [5.41, 5.74) is 3.23. The van der Waals surface area contributed by atoms with Gasteiger partial charge in [-0.1, -0.05) is 0 Å². The molecule has 0 radical (unpaired) electrons. The maximum atomic E-state index is 12.8. The van der Waals surface area contributed by atoms with Crippen molar-refractivity contribution in [3.05, 3.63) is 64.7 Å². The molecule has 0 bridgehead atoms. The number of esters is 1. The second-order valence-corrected chi connectivity index (χ2v) is 8.30. The Morgan fingerprint density at radius 1 is 1.12 bits per heavy atom. The van der Waals surface area contributed by atoms with E-state index in [1.165, 1.54) is 18.3 Å². The summed E-state index contributed by atoms with van der Waals surface area (Å²) in [5, 5.41) is 2.29. The lowest BCUT2D eigenvalue weighted by Crippen LogP contribution is -2.26.